The van der Waals surface area contributed by atoms with Crippen molar-refractivity contribution in [3.05, 3.63) is 22.9 Å². The number of aromatic nitrogens is 1. The molecule has 1 aromatic rings. The van der Waals surface area contributed by atoms with Crippen LogP contribution in [0.15, 0.2) is 22.9 Å². The summed E-state index contributed by atoms with van der Waals surface area (Å²) in [5.74, 6) is -0.296. The van der Waals surface area contributed by atoms with Crippen molar-refractivity contribution in [2.45, 2.75) is 18.6 Å². The van der Waals surface area contributed by atoms with E-state index < -0.39 is 0 Å². The maximum atomic E-state index is 5.72. The van der Waals surface area contributed by atoms with Crippen LogP contribution in [0, 0.1) is 0 Å². The van der Waals surface area contributed by atoms with Crippen molar-refractivity contribution < 1.29 is 9.47 Å². The van der Waals surface area contributed by atoms with Crippen LogP contribution in [0.2, 0.25) is 0 Å². The third-order valence-corrected chi connectivity index (χ3v) is 3.83. The largest absolute Gasteiger partial charge is 0.370 e. The lowest BCUT2D eigenvalue weighted by Crippen LogP contribution is -2.45. The molecule has 0 aliphatic carbocycles. The molecule has 2 aliphatic rings. The fraction of sp³-hybridized carbons (Fsp3) is 0.583. The van der Waals surface area contributed by atoms with E-state index in [1.807, 2.05) is 6.20 Å². The molecule has 0 radical (unpaired) electrons. The molecule has 1 spiro atoms. The Kier molecular flexibility index (Phi) is 3.06. The molecule has 0 atom stereocenters. The average molecular weight is 299 g/mol. The van der Waals surface area contributed by atoms with Crippen molar-refractivity contribution in [1.29, 1.82) is 0 Å². The van der Waals surface area contributed by atoms with Gasteiger partial charge in [-0.1, -0.05) is 0 Å². The second kappa shape index (κ2) is 4.55. The number of anilines is 1. The summed E-state index contributed by atoms with van der Waals surface area (Å²) in [6.07, 6.45) is 5.57. The maximum absolute atomic E-state index is 5.72. The van der Waals surface area contributed by atoms with Crippen molar-refractivity contribution in [1.82, 2.24) is 4.98 Å². The molecular formula is C12H15BrN2O2. The molecule has 0 bridgehead atoms. The lowest BCUT2D eigenvalue weighted by Gasteiger charge is -2.38. The zero-order valence-electron chi connectivity index (χ0n) is 9.56. The molecule has 3 heterocycles. The van der Waals surface area contributed by atoms with Crippen LogP contribution >= 0.6 is 15.9 Å². The molecule has 92 valence electrons. The van der Waals surface area contributed by atoms with Gasteiger partial charge in [0.25, 0.3) is 0 Å². The third kappa shape index (κ3) is 2.32. The minimum Gasteiger partial charge on any atom is -0.370 e. The zero-order valence-corrected chi connectivity index (χ0v) is 11.1. The van der Waals surface area contributed by atoms with Gasteiger partial charge in [0, 0.05) is 36.6 Å². The van der Waals surface area contributed by atoms with Crippen molar-refractivity contribution in [3.8, 4) is 0 Å². The third-order valence-electron chi connectivity index (χ3n) is 3.39. The molecule has 5 heteroatoms. The number of hydrogen-bond donors (Lipinski definition) is 0. The Morgan fingerprint density at radius 1 is 1.18 bits per heavy atom. The van der Waals surface area contributed by atoms with Crippen LogP contribution in [0.25, 0.3) is 0 Å². The summed E-state index contributed by atoms with van der Waals surface area (Å²) in [5, 5.41) is 0. The Balaban J connectivity index is 1.68. The Hall–Kier alpha value is -0.650. The highest BCUT2D eigenvalue weighted by Crippen LogP contribution is 2.33. The average Bonchev–Trinajstić information content (AvgIpc) is 2.79. The molecule has 17 heavy (non-hydrogen) atoms. The minimum atomic E-state index is -0.296. The highest BCUT2D eigenvalue weighted by molar-refractivity contribution is 9.10. The second-order valence-electron chi connectivity index (χ2n) is 4.46. The van der Waals surface area contributed by atoms with E-state index in [-0.39, 0.29) is 5.79 Å². The maximum Gasteiger partial charge on any atom is 0.171 e. The fourth-order valence-corrected chi connectivity index (χ4v) is 2.82. The van der Waals surface area contributed by atoms with Crippen LogP contribution in [0.1, 0.15) is 12.8 Å². The van der Waals surface area contributed by atoms with E-state index in [0.717, 1.165) is 49.3 Å². The summed E-state index contributed by atoms with van der Waals surface area (Å²) in [7, 11) is 0. The van der Waals surface area contributed by atoms with Crippen molar-refractivity contribution in [2.75, 3.05) is 31.2 Å². The molecule has 2 saturated heterocycles. The molecule has 3 rings (SSSR count). The molecular weight excluding hydrogens is 284 g/mol. The highest BCUT2D eigenvalue weighted by Gasteiger charge is 2.39. The molecule has 2 aliphatic heterocycles. The number of ether oxygens (including phenoxy) is 2. The number of piperidine rings is 1. The Bertz CT molecular complexity index is 397. The second-order valence-corrected chi connectivity index (χ2v) is 5.37. The van der Waals surface area contributed by atoms with E-state index in [2.05, 4.69) is 31.9 Å². The SMILES string of the molecule is Brc1cncc(N2CCC3(CC2)OCCO3)c1. The van der Waals surface area contributed by atoms with Gasteiger partial charge in [0.15, 0.2) is 5.79 Å². The number of rotatable bonds is 1. The van der Waals surface area contributed by atoms with Crippen LogP contribution in [-0.4, -0.2) is 37.1 Å². The van der Waals surface area contributed by atoms with Gasteiger partial charge in [-0.25, -0.2) is 0 Å². The van der Waals surface area contributed by atoms with Gasteiger partial charge in [0.05, 0.1) is 25.1 Å². The van der Waals surface area contributed by atoms with E-state index in [1.165, 1.54) is 0 Å². The van der Waals surface area contributed by atoms with E-state index in [1.54, 1.807) is 6.20 Å². The number of halogens is 1. The predicted octanol–water partition coefficient (Wildman–Crippen LogP) is 2.19. The summed E-state index contributed by atoms with van der Waals surface area (Å²) in [6, 6.07) is 2.10. The van der Waals surface area contributed by atoms with Gasteiger partial charge in [-0.2, -0.15) is 0 Å². The number of hydrogen-bond acceptors (Lipinski definition) is 4. The highest BCUT2D eigenvalue weighted by atomic mass is 79.9. The summed E-state index contributed by atoms with van der Waals surface area (Å²) in [4.78, 5) is 6.52. The lowest BCUT2D eigenvalue weighted by atomic mass is 10.0. The standard InChI is InChI=1S/C12H15BrN2O2/c13-10-7-11(9-14-8-10)15-3-1-12(2-4-15)16-5-6-17-12/h7-9H,1-6H2. The fourth-order valence-electron chi connectivity index (χ4n) is 2.46. The first-order valence-corrected chi connectivity index (χ1v) is 6.70. The first-order chi connectivity index (χ1) is 8.27. The van der Waals surface area contributed by atoms with Gasteiger partial charge in [-0.3, -0.25) is 4.98 Å². The van der Waals surface area contributed by atoms with E-state index in [9.17, 15) is 0 Å². The van der Waals surface area contributed by atoms with E-state index >= 15 is 0 Å². The molecule has 0 N–H and O–H groups in total. The van der Waals surface area contributed by atoms with Crippen LogP contribution < -0.4 is 4.90 Å². The number of pyridine rings is 1. The van der Waals surface area contributed by atoms with Crippen molar-refractivity contribution >= 4 is 21.6 Å². The Morgan fingerprint density at radius 3 is 2.53 bits per heavy atom. The first-order valence-electron chi connectivity index (χ1n) is 5.91. The molecule has 1 aromatic heterocycles. The van der Waals surface area contributed by atoms with Crippen LogP contribution in [-0.2, 0) is 9.47 Å². The van der Waals surface area contributed by atoms with Gasteiger partial charge in [0.1, 0.15) is 0 Å². The van der Waals surface area contributed by atoms with Crippen molar-refractivity contribution in [2.24, 2.45) is 0 Å². The Morgan fingerprint density at radius 2 is 1.88 bits per heavy atom. The van der Waals surface area contributed by atoms with E-state index in [0.29, 0.717) is 0 Å². The van der Waals surface area contributed by atoms with Crippen LogP contribution in [0.3, 0.4) is 0 Å². The van der Waals surface area contributed by atoms with Gasteiger partial charge in [-0.15, -0.1) is 0 Å². The van der Waals surface area contributed by atoms with Gasteiger partial charge >= 0.3 is 0 Å². The smallest absolute Gasteiger partial charge is 0.171 e. The quantitative estimate of drug-likeness (QED) is 0.796. The van der Waals surface area contributed by atoms with Crippen LogP contribution in [0.5, 0.6) is 0 Å². The summed E-state index contributed by atoms with van der Waals surface area (Å²) in [6.45, 7) is 3.38. The number of nitrogens with zero attached hydrogens (tertiary/aromatic N) is 2. The van der Waals surface area contributed by atoms with Crippen molar-refractivity contribution in [3.63, 3.8) is 0 Å². The predicted molar refractivity (Wildman–Crippen MR) is 68.0 cm³/mol. The molecule has 0 unspecified atom stereocenters. The van der Waals surface area contributed by atoms with Gasteiger partial charge < -0.3 is 14.4 Å². The minimum absolute atomic E-state index is 0.296. The molecule has 0 aromatic carbocycles. The molecule has 2 fully saturated rings. The van der Waals surface area contributed by atoms with E-state index in [4.69, 9.17) is 9.47 Å². The molecule has 4 nitrogen and oxygen atoms in total. The Labute approximate surface area is 109 Å². The monoisotopic (exact) mass is 298 g/mol. The summed E-state index contributed by atoms with van der Waals surface area (Å²) >= 11 is 3.45. The topological polar surface area (TPSA) is 34.6 Å². The summed E-state index contributed by atoms with van der Waals surface area (Å²) < 4.78 is 12.4. The summed E-state index contributed by atoms with van der Waals surface area (Å²) in [5.41, 5.74) is 1.16. The molecule has 0 amide bonds. The van der Waals surface area contributed by atoms with Crippen LogP contribution in [0.4, 0.5) is 5.69 Å². The zero-order chi connectivity index (χ0) is 11.7. The van der Waals surface area contributed by atoms with Gasteiger partial charge in [0.2, 0.25) is 0 Å². The van der Waals surface area contributed by atoms with Gasteiger partial charge in [-0.05, 0) is 22.0 Å². The normalized spacial score (nSPS) is 23.2. The lowest BCUT2D eigenvalue weighted by molar-refractivity contribution is -0.169. The molecule has 0 saturated carbocycles. The first kappa shape index (κ1) is 11.4.